The fraction of sp³-hybridized carbons (Fsp3) is 0.556. The third-order valence-electron chi connectivity index (χ3n) is 2.23. The van der Waals surface area contributed by atoms with Gasteiger partial charge >= 0.3 is 0 Å². The molecule has 0 amide bonds. The molecule has 3 heteroatoms. The van der Waals surface area contributed by atoms with Crippen LogP contribution in [0.15, 0.2) is 6.20 Å². The second-order valence-corrected chi connectivity index (χ2v) is 3.15. The van der Waals surface area contributed by atoms with E-state index in [2.05, 4.69) is 9.97 Å². The van der Waals surface area contributed by atoms with Crippen LogP contribution in [0.25, 0.3) is 0 Å². The Morgan fingerprint density at radius 3 is 3.17 bits per heavy atom. The monoisotopic (exact) mass is 163 g/mol. The van der Waals surface area contributed by atoms with Gasteiger partial charge in [0.05, 0.1) is 0 Å². The zero-order valence-electron chi connectivity index (χ0n) is 7.08. The van der Waals surface area contributed by atoms with Crippen molar-refractivity contribution in [3.63, 3.8) is 0 Å². The summed E-state index contributed by atoms with van der Waals surface area (Å²) in [7, 11) is 0. The van der Waals surface area contributed by atoms with Crippen molar-refractivity contribution in [2.75, 3.05) is 6.54 Å². The molecule has 1 heterocycles. The lowest BCUT2D eigenvalue weighted by Crippen LogP contribution is -2.07. The summed E-state index contributed by atoms with van der Waals surface area (Å²) in [5.74, 6) is 0.901. The lowest BCUT2D eigenvalue weighted by atomic mass is 10.2. The molecule has 0 saturated heterocycles. The molecule has 1 aliphatic carbocycles. The maximum Gasteiger partial charge on any atom is 0.129 e. The van der Waals surface area contributed by atoms with E-state index < -0.39 is 0 Å². The van der Waals surface area contributed by atoms with Crippen molar-refractivity contribution in [1.29, 1.82) is 0 Å². The number of rotatable bonds is 2. The lowest BCUT2D eigenvalue weighted by molar-refractivity contribution is 0.840. The van der Waals surface area contributed by atoms with Crippen LogP contribution in [0.5, 0.6) is 0 Å². The van der Waals surface area contributed by atoms with Crippen molar-refractivity contribution in [3.05, 3.63) is 23.3 Å². The van der Waals surface area contributed by atoms with E-state index >= 15 is 0 Å². The first-order valence-electron chi connectivity index (χ1n) is 4.44. The molecule has 0 radical (unpaired) electrons. The molecule has 1 aromatic rings. The normalized spacial score (nSPS) is 14.8. The summed E-state index contributed by atoms with van der Waals surface area (Å²) in [6.07, 6.45) is 6.26. The van der Waals surface area contributed by atoms with E-state index in [4.69, 9.17) is 5.73 Å². The Balaban J connectivity index is 2.26. The van der Waals surface area contributed by atoms with E-state index in [0.29, 0.717) is 6.54 Å². The molecular formula is C9H13N3. The van der Waals surface area contributed by atoms with Crippen LogP contribution >= 0.6 is 0 Å². The molecular weight excluding hydrogens is 150 g/mol. The fourth-order valence-electron chi connectivity index (χ4n) is 1.60. The number of hydrogen-bond donors (Lipinski definition) is 1. The second kappa shape index (κ2) is 3.19. The van der Waals surface area contributed by atoms with Gasteiger partial charge in [-0.15, -0.1) is 0 Å². The highest BCUT2D eigenvalue weighted by molar-refractivity contribution is 5.22. The molecule has 12 heavy (non-hydrogen) atoms. The fourth-order valence-corrected chi connectivity index (χ4v) is 1.60. The predicted octanol–water partition coefficient (Wildman–Crippen LogP) is 0.466. The van der Waals surface area contributed by atoms with Gasteiger partial charge in [0.1, 0.15) is 5.82 Å². The van der Waals surface area contributed by atoms with E-state index in [0.717, 1.165) is 25.1 Å². The summed E-state index contributed by atoms with van der Waals surface area (Å²) in [6, 6.07) is 0. The van der Waals surface area contributed by atoms with Crippen LogP contribution in [-0.2, 0) is 19.3 Å². The Hall–Kier alpha value is -0.960. The van der Waals surface area contributed by atoms with E-state index in [9.17, 15) is 0 Å². The molecule has 1 aromatic heterocycles. The Kier molecular flexibility index (Phi) is 2.04. The highest BCUT2D eigenvalue weighted by atomic mass is 14.9. The molecule has 0 aromatic carbocycles. The summed E-state index contributed by atoms with van der Waals surface area (Å²) in [4.78, 5) is 8.70. The Bertz CT molecular complexity index is 283. The SMILES string of the molecule is NCCc1ncc2c(n1)CCC2. The summed E-state index contributed by atoms with van der Waals surface area (Å²) >= 11 is 0. The Morgan fingerprint density at radius 1 is 1.42 bits per heavy atom. The number of fused-ring (bicyclic) bond motifs is 1. The van der Waals surface area contributed by atoms with Crippen LogP contribution in [0.2, 0.25) is 0 Å². The lowest BCUT2D eigenvalue weighted by Gasteiger charge is -2.00. The van der Waals surface area contributed by atoms with Crippen LogP contribution < -0.4 is 5.73 Å². The maximum absolute atomic E-state index is 5.43. The van der Waals surface area contributed by atoms with Crippen LogP contribution in [-0.4, -0.2) is 16.5 Å². The minimum Gasteiger partial charge on any atom is -0.330 e. The molecule has 0 unspecified atom stereocenters. The van der Waals surface area contributed by atoms with Crippen LogP contribution in [0.1, 0.15) is 23.5 Å². The van der Waals surface area contributed by atoms with Crippen LogP contribution in [0.3, 0.4) is 0 Å². The van der Waals surface area contributed by atoms with Gasteiger partial charge in [0.2, 0.25) is 0 Å². The molecule has 0 spiro atoms. The van der Waals surface area contributed by atoms with Crippen molar-refractivity contribution in [1.82, 2.24) is 9.97 Å². The quantitative estimate of drug-likeness (QED) is 0.689. The molecule has 64 valence electrons. The van der Waals surface area contributed by atoms with Crippen molar-refractivity contribution in [2.24, 2.45) is 5.73 Å². The summed E-state index contributed by atoms with van der Waals surface area (Å²) in [5.41, 5.74) is 8.00. The van der Waals surface area contributed by atoms with Gasteiger partial charge in [0.15, 0.2) is 0 Å². The van der Waals surface area contributed by atoms with Crippen molar-refractivity contribution < 1.29 is 0 Å². The van der Waals surface area contributed by atoms with Gasteiger partial charge in [-0.05, 0) is 31.4 Å². The molecule has 2 N–H and O–H groups in total. The van der Waals surface area contributed by atoms with Crippen molar-refractivity contribution >= 4 is 0 Å². The molecule has 0 atom stereocenters. The second-order valence-electron chi connectivity index (χ2n) is 3.15. The molecule has 0 saturated carbocycles. The predicted molar refractivity (Wildman–Crippen MR) is 46.8 cm³/mol. The minimum atomic E-state index is 0.638. The maximum atomic E-state index is 5.43. The molecule has 0 bridgehead atoms. The number of aromatic nitrogens is 2. The Morgan fingerprint density at radius 2 is 2.33 bits per heavy atom. The minimum absolute atomic E-state index is 0.638. The zero-order valence-corrected chi connectivity index (χ0v) is 7.08. The van der Waals surface area contributed by atoms with Gasteiger partial charge in [-0.1, -0.05) is 0 Å². The number of aryl methyl sites for hydroxylation is 2. The molecule has 0 fully saturated rings. The molecule has 0 aliphatic heterocycles. The van der Waals surface area contributed by atoms with E-state index in [-0.39, 0.29) is 0 Å². The number of nitrogens with zero attached hydrogens (tertiary/aromatic N) is 2. The average molecular weight is 163 g/mol. The highest BCUT2D eigenvalue weighted by Gasteiger charge is 2.12. The topological polar surface area (TPSA) is 51.8 Å². The highest BCUT2D eigenvalue weighted by Crippen LogP contribution is 2.18. The first-order valence-corrected chi connectivity index (χ1v) is 4.44. The summed E-state index contributed by atoms with van der Waals surface area (Å²) in [5, 5.41) is 0. The first kappa shape index (κ1) is 7.68. The van der Waals surface area contributed by atoms with Crippen LogP contribution in [0, 0.1) is 0 Å². The first-order chi connectivity index (χ1) is 5.90. The molecule has 2 rings (SSSR count). The van der Waals surface area contributed by atoms with Crippen molar-refractivity contribution in [2.45, 2.75) is 25.7 Å². The third-order valence-corrected chi connectivity index (χ3v) is 2.23. The number of hydrogen-bond acceptors (Lipinski definition) is 3. The van der Waals surface area contributed by atoms with E-state index in [1.807, 2.05) is 6.20 Å². The van der Waals surface area contributed by atoms with Crippen molar-refractivity contribution in [3.8, 4) is 0 Å². The third kappa shape index (κ3) is 1.32. The average Bonchev–Trinajstić information content (AvgIpc) is 2.51. The summed E-state index contributed by atoms with van der Waals surface area (Å²) in [6.45, 7) is 0.638. The molecule has 3 nitrogen and oxygen atoms in total. The zero-order chi connectivity index (χ0) is 8.39. The van der Waals surface area contributed by atoms with Gasteiger partial charge in [0, 0.05) is 18.3 Å². The standard InChI is InChI=1S/C9H13N3/c10-5-4-9-11-6-7-2-1-3-8(7)12-9/h6H,1-5,10H2. The van der Waals surface area contributed by atoms with Gasteiger partial charge < -0.3 is 5.73 Å². The van der Waals surface area contributed by atoms with E-state index in [1.54, 1.807) is 0 Å². The van der Waals surface area contributed by atoms with Gasteiger partial charge in [-0.3, -0.25) is 0 Å². The van der Waals surface area contributed by atoms with Gasteiger partial charge in [-0.25, -0.2) is 9.97 Å². The Labute approximate surface area is 72.0 Å². The van der Waals surface area contributed by atoms with Gasteiger partial charge in [-0.2, -0.15) is 0 Å². The van der Waals surface area contributed by atoms with E-state index in [1.165, 1.54) is 17.7 Å². The summed E-state index contributed by atoms with van der Waals surface area (Å²) < 4.78 is 0. The smallest absolute Gasteiger partial charge is 0.129 e. The van der Waals surface area contributed by atoms with Crippen LogP contribution in [0.4, 0.5) is 0 Å². The largest absolute Gasteiger partial charge is 0.330 e. The number of nitrogens with two attached hydrogens (primary N) is 1. The molecule has 1 aliphatic rings. The van der Waals surface area contributed by atoms with Gasteiger partial charge in [0.25, 0.3) is 0 Å².